The van der Waals surface area contributed by atoms with Crippen LogP contribution in [-0.2, 0) is 9.59 Å². The third kappa shape index (κ3) is 7.56. The van der Waals surface area contributed by atoms with Gasteiger partial charge in [0.25, 0.3) is 11.8 Å². The molecule has 1 aromatic heterocycles. The number of aromatic hydroxyl groups is 1. The number of piperidine rings is 1. The first kappa shape index (κ1) is 39.6. The van der Waals surface area contributed by atoms with Crippen LogP contribution in [0.15, 0.2) is 84.9 Å². The van der Waals surface area contributed by atoms with E-state index in [1.54, 1.807) is 54.6 Å². The normalized spacial score (nSPS) is 19.0. The fraction of sp³-hybridized carbons (Fsp3) is 0.295. The second-order valence-electron chi connectivity index (χ2n) is 15.7. The number of ketones is 1. The van der Waals surface area contributed by atoms with E-state index in [4.69, 9.17) is 0 Å². The summed E-state index contributed by atoms with van der Waals surface area (Å²) in [5.41, 5.74) is 4.74. The Balaban J connectivity index is 0.769. The summed E-state index contributed by atoms with van der Waals surface area (Å²) in [5, 5.41) is 32.3. The van der Waals surface area contributed by atoms with Crippen molar-refractivity contribution in [2.45, 2.75) is 18.9 Å². The number of nitrogens with zero attached hydrogens (tertiary/aromatic N) is 5. The highest BCUT2D eigenvalue weighted by Gasteiger charge is 2.45. The lowest BCUT2D eigenvalue weighted by atomic mass is 9.80. The molecule has 0 spiro atoms. The van der Waals surface area contributed by atoms with Gasteiger partial charge in [-0.1, -0.05) is 24.3 Å². The largest absolute Gasteiger partial charge is 0.508 e. The van der Waals surface area contributed by atoms with E-state index in [1.807, 2.05) is 30.3 Å². The Bertz CT molecular complexity index is 2510. The molecule has 60 heavy (non-hydrogen) atoms. The van der Waals surface area contributed by atoms with Crippen molar-refractivity contribution in [1.29, 1.82) is 0 Å². The van der Waals surface area contributed by atoms with Crippen LogP contribution in [0.5, 0.6) is 5.75 Å². The number of thiophene rings is 1. The Kier molecular flexibility index (Phi) is 10.7. The highest BCUT2D eigenvalue weighted by atomic mass is 32.1. The highest BCUT2D eigenvalue weighted by molar-refractivity contribution is 7.22. The van der Waals surface area contributed by atoms with E-state index in [-0.39, 0.29) is 29.9 Å². The fourth-order valence-corrected chi connectivity index (χ4v) is 9.92. The molecule has 5 aromatic rings. The van der Waals surface area contributed by atoms with Gasteiger partial charge in [0.05, 0.1) is 11.1 Å². The van der Waals surface area contributed by atoms with Gasteiger partial charge >= 0.3 is 7.12 Å². The summed E-state index contributed by atoms with van der Waals surface area (Å²) in [6.07, 6.45) is 0.211. The van der Waals surface area contributed by atoms with E-state index in [0.717, 1.165) is 102 Å². The SMILES string of the molecule is O=C1CCC(N2C(=O)c3ccc(N4CCN(CCN5CCN(c6ccc(C(=O)c7c(-c8ccc(B(O)O)cc8)sc8cc(O)ccc78)cc6)CC5)CC4)cc3C2=O)C(=O)N1. The molecular weight excluding hydrogens is 783 g/mol. The van der Waals surface area contributed by atoms with Gasteiger partial charge in [-0.25, -0.2) is 0 Å². The molecule has 306 valence electrons. The summed E-state index contributed by atoms with van der Waals surface area (Å²) in [7, 11) is -1.59. The zero-order valence-corrected chi connectivity index (χ0v) is 33.6. The number of hydrogen-bond acceptors (Lipinski definition) is 13. The molecule has 3 saturated heterocycles. The van der Waals surface area contributed by atoms with Crippen LogP contribution in [0, 0.1) is 0 Å². The van der Waals surface area contributed by atoms with Crippen molar-refractivity contribution in [3.05, 3.63) is 107 Å². The molecule has 3 fully saturated rings. The number of anilines is 2. The molecule has 4 aliphatic rings. The monoisotopic (exact) mass is 826 g/mol. The summed E-state index contributed by atoms with van der Waals surface area (Å²) >= 11 is 1.41. The minimum absolute atomic E-state index is 0.0836. The first-order valence-electron chi connectivity index (χ1n) is 20.2. The van der Waals surface area contributed by atoms with E-state index < -0.39 is 36.8 Å². The standard InChI is InChI=1S/C44H43BN6O8S/c52-32-10-12-34-37(26-32)60-41(28-1-5-29(6-2-28)45(58)59)39(34)40(54)27-3-7-30(8-4-27)49-21-17-47(18-22-49)15-16-48-19-23-50(24-20-48)31-9-11-33-35(25-31)44(57)51(43(33)56)36-13-14-38(53)46-42(36)55/h1-12,25-26,36,52,58-59H,13-24H2,(H,46,53,55). The van der Waals surface area contributed by atoms with Crippen LogP contribution in [0.1, 0.15) is 49.5 Å². The summed E-state index contributed by atoms with van der Waals surface area (Å²) < 4.78 is 0.785. The molecule has 1 atom stereocenters. The van der Waals surface area contributed by atoms with E-state index in [0.29, 0.717) is 22.2 Å². The quantitative estimate of drug-likeness (QED) is 0.0923. The molecule has 0 bridgehead atoms. The number of fused-ring (bicyclic) bond motifs is 2. The Hall–Kier alpha value is -5.91. The average Bonchev–Trinajstić information content (AvgIpc) is 3.76. The minimum atomic E-state index is -1.59. The first-order valence-corrected chi connectivity index (χ1v) is 21.0. The summed E-state index contributed by atoms with van der Waals surface area (Å²) in [6, 6.07) is 23.9. The molecule has 4 aromatic carbocycles. The van der Waals surface area contributed by atoms with Gasteiger partial charge in [-0.3, -0.25) is 44.0 Å². The van der Waals surface area contributed by atoms with Gasteiger partial charge in [0.2, 0.25) is 11.8 Å². The van der Waals surface area contributed by atoms with E-state index >= 15 is 0 Å². The van der Waals surface area contributed by atoms with Crippen molar-refractivity contribution in [1.82, 2.24) is 20.0 Å². The average molecular weight is 827 g/mol. The number of carbonyl (C=O) groups is 5. The maximum atomic E-state index is 14.1. The number of piperazine rings is 2. The number of carbonyl (C=O) groups excluding carboxylic acids is 5. The third-order valence-corrected chi connectivity index (χ3v) is 13.3. The molecule has 1 unspecified atom stereocenters. The van der Waals surface area contributed by atoms with E-state index in [1.165, 1.54) is 11.3 Å². The van der Waals surface area contributed by atoms with Crippen molar-refractivity contribution in [3.8, 4) is 16.2 Å². The topological polar surface area (TPSA) is 174 Å². The molecule has 4 N–H and O–H groups in total. The van der Waals surface area contributed by atoms with Crippen LogP contribution in [0.25, 0.3) is 20.5 Å². The molecule has 16 heteroatoms. The van der Waals surface area contributed by atoms with Gasteiger partial charge in [0.1, 0.15) is 11.8 Å². The summed E-state index contributed by atoms with van der Waals surface area (Å²) in [4.78, 5) is 75.9. The first-order chi connectivity index (χ1) is 29.0. The smallest absolute Gasteiger partial charge is 0.488 e. The van der Waals surface area contributed by atoms with Gasteiger partial charge in [-0.15, -0.1) is 11.3 Å². The van der Waals surface area contributed by atoms with Crippen molar-refractivity contribution in [2.24, 2.45) is 0 Å². The van der Waals surface area contributed by atoms with Crippen LogP contribution < -0.4 is 20.6 Å². The van der Waals surface area contributed by atoms with Gasteiger partial charge in [0.15, 0.2) is 5.78 Å². The molecule has 4 amide bonds. The number of phenolic OH excluding ortho intramolecular Hbond substituents is 1. The fourth-order valence-electron chi connectivity index (χ4n) is 8.69. The number of phenols is 1. The molecule has 0 aliphatic carbocycles. The van der Waals surface area contributed by atoms with Crippen LogP contribution in [0.2, 0.25) is 0 Å². The van der Waals surface area contributed by atoms with Crippen LogP contribution >= 0.6 is 11.3 Å². The maximum Gasteiger partial charge on any atom is 0.488 e. The number of hydrogen-bond donors (Lipinski definition) is 4. The zero-order valence-electron chi connectivity index (χ0n) is 32.8. The number of benzene rings is 4. The Morgan fingerprint density at radius 1 is 0.717 bits per heavy atom. The third-order valence-electron chi connectivity index (χ3n) is 12.1. The predicted octanol–water partition coefficient (Wildman–Crippen LogP) is 2.53. The van der Waals surface area contributed by atoms with E-state index in [2.05, 4.69) is 24.9 Å². The predicted molar refractivity (Wildman–Crippen MR) is 229 cm³/mol. The van der Waals surface area contributed by atoms with Crippen molar-refractivity contribution < 1.29 is 39.1 Å². The van der Waals surface area contributed by atoms with Gasteiger partial charge in [-0.2, -0.15) is 0 Å². The number of imide groups is 2. The van der Waals surface area contributed by atoms with E-state index in [9.17, 15) is 39.1 Å². The van der Waals surface area contributed by atoms with Crippen molar-refractivity contribution in [2.75, 3.05) is 75.2 Å². The summed E-state index contributed by atoms with van der Waals surface area (Å²) in [6.45, 7) is 8.74. The summed E-state index contributed by atoms with van der Waals surface area (Å²) in [5.74, 6) is -2.01. The lowest BCUT2D eigenvalue weighted by molar-refractivity contribution is -0.136. The Morgan fingerprint density at radius 3 is 1.97 bits per heavy atom. The lowest BCUT2D eigenvalue weighted by Gasteiger charge is -2.39. The van der Waals surface area contributed by atoms with Gasteiger partial charge in [0, 0.05) is 109 Å². The number of nitrogens with one attached hydrogen (secondary N) is 1. The highest BCUT2D eigenvalue weighted by Crippen LogP contribution is 2.41. The Labute approximate surface area is 350 Å². The lowest BCUT2D eigenvalue weighted by Crippen LogP contribution is -2.54. The molecule has 0 saturated carbocycles. The maximum absolute atomic E-state index is 14.1. The molecule has 4 aliphatic heterocycles. The minimum Gasteiger partial charge on any atom is -0.508 e. The molecule has 5 heterocycles. The molecule has 9 rings (SSSR count). The molecular formula is C44H43BN6O8S. The van der Waals surface area contributed by atoms with Gasteiger partial charge < -0.3 is 25.0 Å². The second-order valence-corrected chi connectivity index (χ2v) is 16.7. The molecule has 14 nitrogen and oxygen atoms in total. The Morgan fingerprint density at radius 2 is 1.33 bits per heavy atom. The van der Waals surface area contributed by atoms with Crippen LogP contribution in [-0.4, -0.2) is 138 Å². The van der Waals surface area contributed by atoms with Gasteiger partial charge in [-0.05, 0) is 78.1 Å². The van der Waals surface area contributed by atoms with Crippen molar-refractivity contribution in [3.63, 3.8) is 0 Å². The van der Waals surface area contributed by atoms with Crippen LogP contribution in [0.3, 0.4) is 0 Å². The second kappa shape index (κ2) is 16.3. The number of rotatable bonds is 10. The zero-order chi connectivity index (χ0) is 41.7. The van der Waals surface area contributed by atoms with Crippen molar-refractivity contribution >= 4 is 74.8 Å². The number of amides is 4. The van der Waals surface area contributed by atoms with Crippen LogP contribution in [0.4, 0.5) is 11.4 Å². The molecule has 0 radical (unpaired) electrons.